The number of benzene rings is 1. The van der Waals surface area contributed by atoms with Gasteiger partial charge in [0.25, 0.3) is 5.22 Å². The highest BCUT2D eigenvalue weighted by Gasteiger charge is 2.08. The zero-order valence-corrected chi connectivity index (χ0v) is 9.83. The van der Waals surface area contributed by atoms with Crippen molar-refractivity contribution >= 4 is 28.5 Å². The Kier molecular flexibility index (Phi) is 3.36. The molecule has 2 aromatic rings. The fraction of sp³-hybridized carbons (Fsp3) is 0.364. The molecule has 0 bridgehead atoms. The summed E-state index contributed by atoms with van der Waals surface area (Å²) in [5.74, 6) is 1.03. The molecule has 0 aliphatic heterocycles. The van der Waals surface area contributed by atoms with Gasteiger partial charge in [0.1, 0.15) is 5.52 Å². The zero-order chi connectivity index (χ0) is 11.5. The monoisotopic (exact) mass is 238 g/mol. The lowest BCUT2D eigenvalue weighted by Gasteiger charge is -2.03. The molecule has 4 nitrogen and oxygen atoms in total. The number of oxazole rings is 1. The second-order valence-electron chi connectivity index (χ2n) is 3.81. The molecule has 0 saturated heterocycles. The number of hydrogen-bond donors (Lipinski definition) is 2. The quantitative estimate of drug-likeness (QED) is 0.630. The van der Waals surface area contributed by atoms with Gasteiger partial charge in [-0.3, -0.25) is 0 Å². The average Bonchev–Trinajstić information content (AvgIpc) is 2.67. The molecule has 2 rings (SSSR count). The SMILES string of the molecule is CC(CO)CSc1nc2ccc(N)cc2o1. The van der Waals surface area contributed by atoms with Gasteiger partial charge in [-0.25, -0.2) is 4.98 Å². The van der Waals surface area contributed by atoms with Gasteiger partial charge in [-0.2, -0.15) is 0 Å². The second-order valence-corrected chi connectivity index (χ2v) is 4.78. The number of nitrogens with two attached hydrogens (primary N) is 1. The lowest BCUT2D eigenvalue weighted by molar-refractivity contribution is 0.250. The van der Waals surface area contributed by atoms with E-state index in [0.29, 0.717) is 16.5 Å². The van der Waals surface area contributed by atoms with E-state index in [0.717, 1.165) is 11.3 Å². The zero-order valence-electron chi connectivity index (χ0n) is 9.01. The van der Waals surface area contributed by atoms with Crippen LogP contribution in [0.3, 0.4) is 0 Å². The summed E-state index contributed by atoms with van der Waals surface area (Å²) < 4.78 is 5.53. The van der Waals surface area contributed by atoms with Gasteiger partial charge in [-0.05, 0) is 18.1 Å². The summed E-state index contributed by atoms with van der Waals surface area (Å²) in [6.45, 7) is 2.16. The van der Waals surface area contributed by atoms with Crippen molar-refractivity contribution in [3.63, 3.8) is 0 Å². The van der Waals surface area contributed by atoms with Crippen LogP contribution in [-0.2, 0) is 0 Å². The van der Waals surface area contributed by atoms with Crippen molar-refractivity contribution in [2.45, 2.75) is 12.1 Å². The first-order chi connectivity index (χ1) is 7.69. The molecule has 0 aliphatic rings. The highest BCUT2D eigenvalue weighted by Crippen LogP contribution is 2.25. The third-order valence-electron chi connectivity index (χ3n) is 2.20. The van der Waals surface area contributed by atoms with Gasteiger partial charge in [-0.15, -0.1) is 0 Å². The van der Waals surface area contributed by atoms with Crippen molar-refractivity contribution in [1.82, 2.24) is 4.98 Å². The van der Waals surface area contributed by atoms with E-state index in [9.17, 15) is 0 Å². The van der Waals surface area contributed by atoms with Gasteiger partial charge < -0.3 is 15.3 Å². The van der Waals surface area contributed by atoms with E-state index in [1.165, 1.54) is 11.8 Å². The molecule has 16 heavy (non-hydrogen) atoms. The standard InChI is InChI=1S/C11H14N2O2S/c1-7(5-14)6-16-11-13-9-3-2-8(12)4-10(9)15-11/h2-4,7,14H,5-6,12H2,1H3. The minimum atomic E-state index is 0.181. The summed E-state index contributed by atoms with van der Waals surface area (Å²) in [7, 11) is 0. The Morgan fingerprint density at radius 3 is 3.12 bits per heavy atom. The van der Waals surface area contributed by atoms with Crippen LogP contribution < -0.4 is 5.73 Å². The van der Waals surface area contributed by atoms with Gasteiger partial charge in [0.15, 0.2) is 5.58 Å². The molecule has 1 unspecified atom stereocenters. The van der Waals surface area contributed by atoms with E-state index >= 15 is 0 Å². The number of rotatable bonds is 4. The first kappa shape index (κ1) is 11.3. The van der Waals surface area contributed by atoms with Crippen molar-refractivity contribution in [3.8, 4) is 0 Å². The van der Waals surface area contributed by atoms with E-state index in [-0.39, 0.29) is 12.5 Å². The Balaban J connectivity index is 2.13. The maximum atomic E-state index is 8.91. The third kappa shape index (κ3) is 2.48. The molecule has 0 spiro atoms. The van der Waals surface area contributed by atoms with Crippen LogP contribution in [0, 0.1) is 5.92 Å². The van der Waals surface area contributed by atoms with Crippen molar-refractivity contribution in [1.29, 1.82) is 0 Å². The van der Waals surface area contributed by atoms with Crippen LogP contribution in [-0.4, -0.2) is 22.5 Å². The van der Waals surface area contributed by atoms with Crippen LogP contribution in [0.5, 0.6) is 0 Å². The Labute approximate surface area is 97.8 Å². The fourth-order valence-electron chi connectivity index (χ4n) is 1.25. The Morgan fingerprint density at radius 1 is 1.56 bits per heavy atom. The first-order valence-corrected chi connectivity index (χ1v) is 6.07. The summed E-state index contributed by atoms with van der Waals surface area (Å²) >= 11 is 1.51. The maximum absolute atomic E-state index is 8.91. The van der Waals surface area contributed by atoms with Crippen LogP contribution in [0.4, 0.5) is 5.69 Å². The molecule has 1 heterocycles. The predicted molar refractivity (Wildman–Crippen MR) is 65.4 cm³/mol. The molecular weight excluding hydrogens is 224 g/mol. The highest BCUT2D eigenvalue weighted by atomic mass is 32.2. The number of nitrogen functional groups attached to an aromatic ring is 1. The summed E-state index contributed by atoms with van der Waals surface area (Å²) in [6.07, 6.45) is 0. The number of aliphatic hydroxyl groups is 1. The predicted octanol–water partition coefficient (Wildman–Crippen LogP) is 2.13. The minimum absolute atomic E-state index is 0.181. The van der Waals surface area contributed by atoms with E-state index in [1.807, 2.05) is 13.0 Å². The Hall–Kier alpha value is -1.20. The molecule has 0 radical (unpaired) electrons. The third-order valence-corrected chi connectivity index (χ3v) is 3.35. The van der Waals surface area contributed by atoms with Crippen LogP contribution >= 0.6 is 11.8 Å². The molecular formula is C11H14N2O2S. The molecule has 1 atom stereocenters. The van der Waals surface area contributed by atoms with Crippen LogP contribution in [0.15, 0.2) is 27.8 Å². The van der Waals surface area contributed by atoms with Gasteiger partial charge >= 0.3 is 0 Å². The van der Waals surface area contributed by atoms with Crippen LogP contribution in [0.25, 0.3) is 11.1 Å². The van der Waals surface area contributed by atoms with Gasteiger partial charge in [0.2, 0.25) is 0 Å². The summed E-state index contributed by atoms with van der Waals surface area (Å²) in [5.41, 5.74) is 7.84. The summed E-state index contributed by atoms with van der Waals surface area (Å²) in [5, 5.41) is 9.53. The largest absolute Gasteiger partial charge is 0.431 e. The maximum Gasteiger partial charge on any atom is 0.256 e. The lowest BCUT2D eigenvalue weighted by Crippen LogP contribution is -2.02. The molecule has 5 heteroatoms. The smallest absolute Gasteiger partial charge is 0.256 e. The minimum Gasteiger partial charge on any atom is -0.431 e. The Morgan fingerprint density at radius 2 is 2.38 bits per heavy atom. The average molecular weight is 238 g/mol. The fourth-order valence-corrected chi connectivity index (χ4v) is 2.09. The van der Waals surface area contributed by atoms with E-state index in [4.69, 9.17) is 15.3 Å². The number of aliphatic hydroxyl groups excluding tert-OH is 1. The first-order valence-electron chi connectivity index (χ1n) is 5.09. The molecule has 1 aromatic carbocycles. The van der Waals surface area contributed by atoms with Gasteiger partial charge in [0, 0.05) is 24.1 Å². The van der Waals surface area contributed by atoms with Crippen molar-refractivity contribution in [2.75, 3.05) is 18.1 Å². The van der Waals surface area contributed by atoms with Crippen molar-refractivity contribution in [3.05, 3.63) is 18.2 Å². The molecule has 1 aromatic heterocycles. The molecule has 86 valence electrons. The molecule has 0 aliphatic carbocycles. The van der Waals surface area contributed by atoms with E-state index in [2.05, 4.69) is 4.98 Å². The number of hydrogen-bond acceptors (Lipinski definition) is 5. The number of aromatic nitrogens is 1. The van der Waals surface area contributed by atoms with Crippen molar-refractivity contribution in [2.24, 2.45) is 5.92 Å². The second kappa shape index (κ2) is 4.76. The molecule has 3 N–H and O–H groups in total. The molecule has 0 amide bonds. The highest BCUT2D eigenvalue weighted by molar-refractivity contribution is 7.99. The van der Waals surface area contributed by atoms with E-state index in [1.54, 1.807) is 12.1 Å². The van der Waals surface area contributed by atoms with Gasteiger partial charge in [-0.1, -0.05) is 18.7 Å². The molecule has 0 saturated carbocycles. The number of fused-ring (bicyclic) bond motifs is 1. The summed E-state index contributed by atoms with van der Waals surface area (Å²) in [4.78, 5) is 4.32. The normalized spacial score (nSPS) is 13.1. The molecule has 0 fully saturated rings. The van der Waals surface area contributed by atoms with Crippen molar-refractivity contribution < 1.29 is 9.52 Å². The lowest BCUT2D eigenvalue weighted by atomic mass is 10.2. The van der Waals surface area contributed by atoms with E-state index < -0.39 is 0 Å². The topological polar surface area (TPSA) is 72.3 Å². The Bertz CT molecular complexity index is 484. The van der Waals surface area contributed by atoms with Gasteiger partial charge in [0.05, 0.1) is 0 Å². The summed E-state index contributed by atoms with van der Waals surface area (Å²) in [6, 6.07) is 5.41. The van der Waals surface area contributed by atoms with Crippen LogP contribution in [0.1, 0.15) is 6.92 Å². The van der Waals surface area contributed by atoms with Crippen LogP contribution in [0.2, 0.25) is 0 Å². The number of nitrogens with zero attached hydrogens (tertiary/aromatic N) is 1. The number of anilines is 1. The number of thioether (sulfide) groups is 1.